The topological polar surface area (TPSA) is 69.6 Å². The summed E-state index contributed by atoms with van der Waals surface area (Å²) in [6.45, 7) is 1.58. The fraction of sp³-hybridized carbons (Fsp3) is 0.161. The number of nitrogens with zero attached hydrogens (tertiary/aromatic N) is 1. The van der Waals surface area contributed by atoms with Crippen LogP contribution in [-0.4, -0.2) is 23.5 Å². The Hall–Kier alpha value is -4.45. The number of aryl methyl sites for hydroxylation is 1. The van der Waals surface area contributed by atoms with Crippen molar-refractivity contribution in [2.24, 2.45) is 0 Å². The number of hydrogen-bond acceptors (Lipinski definition) is 3. The summed E-state index contributed by atoms with van der Waals surface area (Å²) in [5.74, 6) is -1.48. The van der Waals surface area contributed by atoms with E-state index in [1.54, 1.807) is 36.4 Å². The highest BCUT2D eigenvalue weighted by atomic mass is 19.1. The molecule has 0 bridgehead atoms. The van der Waals surface area contributed by atoms with Gasteiger partial charge in [0, 0.05) is 36.4 Å². The fourth-order valence-corrected chi connectivity index (χ4v) is 4.85. The van der Waals surface area contributed by atoms with E-state index >= 15 is 0 Å². The summed E-state index contributed by atoms with van der Waals surface area (Å²) in [6.07, 6.45) is 1.74. The molecule has 4 aromatic rings. The third-order valence-corrected chi connectivity index (χ3v) is 6.73. The maximum absolute atomic E-state index is 14.9. The van der Waals surface area contributed by atoms with Crippen molar-refractivity contribution in [3.63, 3.8) is 0 Å². The molecule has 0 saturated carbocycles. The molecular weight excluding hydrogens is 467 g/mol. The second-order valence-electron chi connectivity index (χ2n) is 9.19. The summed E-state index contributed by atoms with van der Waals surface area (Å²) < 4.78 is 14.9. The molecule has 1 heterocycles. The lowest BCUT2D eigenvalue weighted by atomic mass is 9.96. The van der Waals surface area contributed by atoms with Crippen LogP contribution >= 0.6 is 0 Å². The first-order valence-electron chi connectivity index (χ1n) is 12.3. The Morgan fingerprint density at radius 1 is 0.919 bits per heavy atom. The van der Waals surface area contributed by atoms with E-state index in [1.165, 1.54) is 6.07 Å². The van der Waals surface area contributed by atoms with Gasteiger partial charge in [-0.1, -0.05) is 54.6 Å². The van der Waals surface area contributed by atoms with Gasteiger partial charge < -0.3 is 15.3 Å². The number of hydrogen-bond donors (Lipinski definition) is 2. The van der Waals surface area contributed by atoms with Crippen LogP contribution in [-0.2, 0) is 19.5 Å². The summed E-state index contributed by atoms with van der Waals surface area (Å²) in [5.41, 5.74) is 5.59. The fourth-order valence-electron chi connectivity index (χ4n) is 4.85. The highest BCUT2D eigenvalue weighted by Crippen LogP contribution is 2.32. The highest BCUT2D eigenvalue weighted by Gasteiger charge is 2.21. The Balaban J connectivity index is 1.36. The summed E-state index contributed by atoms with van der Waals surface area (Å²) >= 11 is 0. The minimum atomic E-state index is -1.02. The van der Waals surface area contributed by atoms with Gasteiger partial charge in [-0.2, -0.15) is 0 Å². The number of benzene rings is 4. The lowest BCUT2D eigenvalue weighted by molar-refractivity contribution is 0.0697. The lowest BCUT2D eigenvalue weighted by Gasteiger charge is -2.32. The number of carboxylic acid groups (broad SMARTS) is 1. The van der Waals surface area contributed by atoms with Crippen molar-refractivity contribution in [1.82, 2.24) is 5.32 Å². The molecule has 0 aromatic heterocycles. The maximum Gasteiger partial charge on any atom is 0.336 e. The number of fused-ring (bicyclic) bond motifs is 1. The third-order valence-electron chi connectivity index (χ3n) is 6.73. The number of rotatable bonds is 7. The Morgan fingerprint density at radius 2 is 1.70 bits per heavy atom. The molecule has 1 aliphatic heterocycles. The molecule has 4 aromatic carbocycles. The van der Waals surface area contributed by atoms with Gasteiger partial charge in [0.2, 0.25) is 0 Å². The molecule has 0 saturated heterocycles. The third kappa shape index (κ3) is 5.38. The van der Waals surface area contributed by atoms with Gasteiger partial charge in [-0.05, 0) is 71.5 Å². The lowest BCUT2D eigenvalue weighted by Crippen LogP contribution is -2.30. The largest absolute Gasteiger partial charge is 0.478 e. The first-order chi connectivity index (χ1) is 18.0. The maximum atomic E-state index is 14.9. The van der Waals surface area contributed by atoms with Crippen LogP contribution in [0.15, 0.2) is 91.0 Å². The zero-order chi connectivity index (χ0) is 25.8. The van der Waals surface area contributed by atoms with Crippen LogP contribution in [0.3, 0.4) is 0 Å². The van der Waals surface area contributed by atoms with Crippen LogP contribution in [0.4, 0.5) is 10.1 Å². The molecule has 0 aliphatic carbocycles. The number of aromatic carboxylic acids is 1. The SMILES string of the molecule is O=C(NCc1ccccc1)c1ccc2c(c1)CCCN2Cc1cc(-c2ccccc2C(=O)O)ccc1F. The second-order valence-corrected chi connectivity index (χ2v) is 9.19. The first-order valence-corrected chi connectivity index (χ1v) is 12.3. The van der Waals surface area contributed by atoms with E-state index in [4.69, 9.17) is 0 Å². The van der Waals surface area contributed by atoms with E-state index in [-0.39, 0.29) is 17.3 Å². The van der Waals surface area contributed by atoms with E-state index in [0.29, 0.717) is 35.3 Å². The molecule has 0 fully saturated rings. The van der Waals surface area contributed by atoms with Crippen molar-refractivity contribution in [2.45, 2.75) is 25.9 Å². The molecule has 0 unspecified atom stereocenters. The van der Waals surface area contributed by atoms with E-state index in [2.05, 4.69) is 10.2 Å². The summed E-state index contributed by atoms with van der Waals surface area (Å²) in [5, 5.41) is 12.5. The quantitative estimate of drug-likeness (QED) is 0.327. The molecule has 0 spiro atoms. The smallest absolute Gasteiger partial charge is 0.336 e. The molecule has 186 valence electrons. The number of nitrogens with one attached hydrogen (secondary N) is 1. The molecule has 0 atom stereocenters. The average molecular weight is 495 g/mol. The van der Waals surface area contributed by atoms with Crippen molar-refractivity contribution in [2.75, 3.05) is 11.4 Å². The van der Waals surface area contributed by atoms with Gasteiger partial charge in [0.1, 0.15) is 5.82 Å². The molecule has 5 rings (SSSR count). The van der Waals surface area contributed by atoms with Crippen molar-refractivity contribution < 1.29 is 19.1 Å². The van der Waals surface area contributed by atoms with E-state index < -0.39 is 5.97 Å². The monoisotopic (exact) mass is 494 g/mol. The number of anilines is 1. The average Bonchev–Trinajstić information content (AvgIpc) is 2.93. The molecule has 1 amide bonds. The normalized spacial score (nSPS) is 12.6. The van der Waals surface area contributed by atoms with Gasteiger partial charge in [-0.15, -0.1) is 0 Å². The van der Waals surface area contributed by atoms with E-state index in [0.717, 1.165) is 36.2 Å². The molecule has 1 aliphatic rings. The Kier molecular flexibility index (Phi) is 6.99. The van der Waals surface area contributed by atoms with Crippen molar-refractivity contribution in [3.8, 4) is 11.1 Å². The summed E-state index contributed by atoms with van der Waals surface area (Å²) in [4.78, 5) is 26.6. The van der Waals surface area contributed by atoms with Gasteiger partial charge in [-0.3, -0.25) is 4.79 Å². The minimum Gasteiger partial charge on any atom is -0.478 e. The summed E-state index contributed by atoms with van der Waals surface area (Å²) in [6, 6.07) is 26.9. The highest BCUT2D eigenvalue weighted by molar-refractivity contribution is 5.96. The number of carboxylic acids is 1. The van der Waals surface area contributed by atoms with E-state index in [9.17, 15) is 19.1 Å². The van der Waals surface area contributed by atoms with Crippen LogP contribution in [0.5, 0.6) is 0 Å². The van der Waals surface area contributed by atoms with Crippen molar-refractivity contribution >= 4 is 17.6 Å². The predicted molar refractivity (Wildman–Crippen MR) is 142 cm³/mol. The molecule has 5 nitrogen and oxygen atoms in total. The zero-order valence-electron chi connectivity index (χ0n) is 20.3. The molecule has 2 N–H and O–H groups in total. The number of amides is 1. The second kappa shape index (κ2) is 10.7. The Bertz CT molecular complexity index is 1450. The van der Waals surface area contributed by atoms with Gasteiger partial charge in [0.25, 0.3) is 5.91 Å². The molecule has 37 heavy (non-hydrogen) atoms. The van der Waals surface area contributed by atoms with Crippen LogP contribution in [0, 0.1) is 5.82 Å². The Labute approximate surface area is 215 Å². The van der Waals surface area contributed by atoms with Gasteiger partial charge in [-0.25, -0.2) is 9.18 Å². The number of carbonyl (C=O) groups is 2. The van der Waals surface area contributed by atoms with Crippen LogP contribution in [0.25, 0.3) is 11.1 Å². The predicted octanol–water partition coefficient (Wildman–Crippen LogP) is 6.07. The standard InChI is InChI=1S/C31H27FN2O3/c32-28-14-12-22(26-10-4-5-11-27(26)31(36)37)17-25(28)20-34-16-6-9-23-18-24(13-15-29(23)34)30(35)33-19-21-7-2-1-3-8-21/h1-5,7-8,10-15,17-18H,6,9,16,19-20H2,(H,33,35)(H,36,37). The van der Waals surface area contributed by atoms with E-state index in [1.807, 2.05) is 48.5 Å². The van der Waals surface area contributed by atoms with Gasteiger partial charge >= 0.3 is 5.97 Å². The van der Waals surface area contributed by atoms with Crippen LogP contribution < -0.4 is 10.2 Å². The van der Waals surface area contributed by atoms with Gasteiger partial charge in [0.15, 0.2) is 0 Å². The minimum absolute atomic E-state index is 0.125. The van der Waals surface area contributed by atoms with Gasteiger partial charge in [0.05, 0.1) is 5.56 Å². The number of halogens is 1. The van der Waals surface area contributed by atoms with Crippen LogP contribution in [0.2, 0.25) is 0 Å². The first kappa shape index (κ1) is 24.3. The molecule has 6 heteroatoms. The van der Waals surface area contributed by atoms with Crippen LogP contribution in [0.1, 0.15) is 43.8 Å². The van der Waals surface area contributed by atoms with Crippen molar-refractivity contribution in [1.29, 1.82) is 0 Å². The Morgan fingerprint density at radius 3 is 2.51 bits per heavy atom. The summed E-state index contributed by atoms with van der Waals surface area (Å²) in [7, 11) is 0. The zero-order valence-corrected chi connectivity index (χ0v) is 20.3. The number of carbonyl (C=O) groups excluding carboxylic acids is 1. The molecular formula is C31H27FN2O3. The molecule has 0 radical (unpaired) electrons. The van der Waals surface area contributed by atoms with Crippen molar-refractivity contribution in [3.05, 3.63) is 125 Å².